The summed E-state index contributed by atoms with van der Waals surface area (Å²) >= 11 is 4.87. The lowest BCUT2D eigenvalue weighted by molar-refractivity contribution is -0.124. The van der Waals surface area contributed by atoms with Gasteiger partial charge in [0.15, 0.2) is 5.11 Å². The molecule has 0 unspecified atom stereocenters. The molecule has 1 aromatic rings. The number of allylic oxidation sites excluding steroid dienone is 1. The first-order valence-corrected chi connectivity index (χ1v) is 9.19. The Kier molecular flexibility index (Phi) is 3.65. The van der Waals surface area contributed by atoms with Gasteiger partial charge in [-0.15, -0.1) is 0 Å². The van der Waals surface area contributed by atoms with Gasteiger partial charge in [0.25, 0.3) is 17.7 Å². The van der Waals surface area contributed by atoms with Gasteiger partial charge in [-0.3, -0.25) is 29.9 Å². The molecule has 1 aromatic carbocycles. The highest BCUT2D eigenvalue weighted by molar-refractivity contribution is 7.80. The van der Waals surface area contributed by atoms with E-state index in [9.17, 15) is 14.4 Å². The molecule has 1 saturated heterocycles. The zero-order valence-electron chi connectivity index (χ0n) is 15.5. The number of rotatable bonds is 1. The number of benzene rings is 1. The molecule has 0 aromatic heterocycles. The van der Waals surface area contributed by atoms with Gasteiger partial charge < -0.3 is 0 Å². The predicted molar refractivity (Wildman–Crippen MR) is 107 cm³/mol. The van der Waals surface area contributed by atoms with Crippen LogP contribution < -0.4 is 15.5 Å². The number of nitrogens with zero attached hydrogens (tertiary/aromatic N) is 1. The third kappa shape index (κ3) is 2.38. The number of thiocarbonyl (C=S) groups is 1. The standard InChI is InChI=1S/C20H19N3O3S/c1-5-10-6-11-9(2)8-20(3,4)23-15(11)12(7-10)13(18(23)26)14-16(24)21-19(27)22-17(14)25/h6-8H,5H2,1-4H3,(H2,21,22,24,25,27). The van der Waals surface area contributed by atoms with Crippen LogP contribution in [0.2, 0.25) is 0 Å². The third-order valence-electron chi connectivity index (χ3n) is 5.22. The molecule has 2 N–H and O–H groups in total. The van der Waals surface area contributed by atoms with Crippen molar-refractivity contribution in [2.75, 3.05) is 4.90 Å². The van der Waals surface area contributed by atoms with Crippen molar-refractivity contribution in [1.82, 2.24) is 10.6 Å². The zero-order valence-corrected chi connectivity index (χ0v) is 16.3. The van der Waals surface area contributed by atoms with Gasteiger partial charge in [0.2, 0.25) is 0 Å². The van der Waals surface area contributed by atoms with Crippen LogP contribution in [0.25, 0.3) is 11.1 Å². The van der Waals surface area contributed by atoms with Gasteiger partial charge in [-0.05, 0) is 62.7 Å². The summed E-state index contributed by atoms with van der Waals surface area (Å²) in [6.07, 6.45) is 2.82. The smallest absolute Gasteiger partial charge is 0.263 e. The van der Waals surface area contributed by atoms with Gasteiger partial charge in [-0.2, -0.15) is 0 Å². The summed E-state index contributed by atoms with van der Waals surface area (Å²) in [5.74, 6) is -1.64. The van der Waals surface area contributed by atoms with Gasteiger partial charge in [-0.1, -0.05) is 13.0 Å². The van der Waals surface area contributed by atoms with Gasteiger partial charge >= 0.3 is 0 Å². The van der Waals surface area contributed by atoms with Crippen LogP contribution in [-0.2, 0) is 20.8 Å². The molecule has 27 heavy (non-hydrogen) atoms. The van der Waals surface area contributed by atoms with Crippen LogP contribution in [0.15, 0.2) is 23.8 Å². The van der Waals surface area contributed by atoms with Crippen molar-refractivity contribution in [1.29, 1.82) is 0 Å². The van der Waals surface area contributed by atoms with Gasteiger partial charge in [-0.25, -0.2) is 0 Å². The number of hydrogen-bond acceptors (Lipinski definition) is 4. The second-order valence-corrected chi connectivity index (χ2v) is 7.91. The maximum absolute atomic E-state index is 13.4. The Labute approximate surface area is 162 Å². The van der Waals surface area contributed by atoms with Crippen LogP contribution in [-0.4, -0.2) is 28.4 Å². The van der Waals surface area contributed by atoms with Crippen molar-refractivity contribution in [3.8, 4) is 0 Å². The number of anilines is 1. The molecule has 7 heteroatoms. The quantitative estimate of drug-likeness (QED) is 0.444. The monoisotopic (exact) mass is 381 g/mol. The number of nitrogens with one attached hydrogen (secondary N) is 2. The number of carbonyl (C=O) groups excluding carboxylic acids is 3. The largest absolute Gasteiger partial charge is 0.299 e. The Morgan fingerprint density at radius 1 is 1.04 bits per heavy atom. The SMILES string of the molecule is CCc1cc2c3c(c1)C(=C1C(=O)NC(=S)NC1=O)C(=O)N3C(C)(C)C=C2C. The number of carbonyl (C=O) groups is 3. The molecular formula is C20H19N3O3S. The van der Waals surface area contributed by atoms with Gasteiger partial charge in [0.1, 0.15) is 5.57 Å². The van der Waals surface area contributed by atoms with Crippen LogP contribution in [0.5, 0.6) is 0 Å². The highest BCUT2D eigenvalue weighted by atomic mass is 32.1. The van der Waals surface area contributed by atoms with Crippen molar-refractivity contribution in [2.24, 2.45) is 0 Å². The zero-order chi connectivity index (χ0) is 19.7. The Morgan fingerprint density at radius 3 is 2.22 bits per heavy atom. The summed E-state index contributed by atoms with van der Waals surface area (Å²) in [4.78, 5) is 40.2. The van der Waals surface area contributed by atoms with Crippen LogP contribution >= 0.6 is 12.2 Å². The molecule has 3 aliphatic heterocycles. The first-order chi connectivity index (χ1) is 12.7. The van der Waals surface area contributed by atoms with Crippen molar-refractivity contribution in [2.45, 2.75) is 39.7 Å². The minimum Gasteiger partial charge on any atom is -0.299 e. The average Bonchev–Trinajstić information content (AvgIpc) is 2.85. The summed E-state index contributed by atoms with van der Waals surface area (Å²) in [5, 5.41) is 4.80. The molecule has 0 atom stereocenters. The first-order valence-electron chi connectivity index (χ1n) is 8.78. The third-order valence-corrected chi connectivity index (χ3v) is 5.42. The number of amides is 3. The maximum Gasteiger partial charge on any atom is 0.263 e. The van der Waals surface area contributed by atoms with E-state index in [1.165, 1.54) is 0 Å². The molecule has 6 nitrogen and oxygen atoms in total. The van der Waals surface area contributed by atoms with Crippen molar-refractivity contribution < 1.29 is 14.4 Å². The first kappa shape index (κ1) is 17.6. The van der Waals surface area contributed by atoms with Gasteiger partial charge in [0, 0.05) is 11.1 Å². The van der Waals surface area contributed by atoms with E-state index in [4.69, 9.17) is 12.2 Å². The molecule has 0 spiro atoms. The lowest BCUT2D eigenvalue weighted by Crippen LogP contribution is -2.52. The van der Waals surface area contributed by atoms with E-state index in [2.05, 4.69) is 16.7 Å². The Hall–Kier alpha value is -2.80. The molecular weight excluding hydrogens is 362 g/mol. The Morgan fingerprint density at radius 2 is 1.63 bits per heavy atom. The minimum atomic E-state index is -0.648. The van der Waals surface area contributed by atoms with E-state index in [1.54, 1.807) is 4.90 Å². The summed E-state index contributed by atoms with van der Waals surface area (Å²) in [7, 11) is 0. The highest BCUT2D eigenvalue weighted by Crippen LogP contribution is 2.50. The van der Waals surface area contributed by atoms with E-state index < -0.39 is 17.4 Å². The molecule has 3 aliphatic rings. The molecule has 0 bridgehead atoms. The molecule has 0 aliphatic carbocycles. The van der Waals surface area contributed by atoms with Crippen molar-refractivity contribution >= 4 is 51.9 Å². The predicted octanol–water partition coefficient (Wildman–Crippen LogP) is 2.08. The van der Waals surface area contributed by atoms with Gasteiger partial charge in [0.05, 0.1) is 16.8 Å². The molecule has 4 rings (SSSR count). The fraction of sp³-hybridized carbons (Fsp3) is 0.300. The van der Waals surface area contributed by atoms with Crippen LogP contribution in [0.1, 0.15) is 44.4 Å². The van der Waals surface area contributed by atoms with E-state index in [-0.39, 0.29) is 22.2 Å². The summed E-state index contributed by atoms with van der Waals surface area (Å²) in [5.41, 5.74) is 3.83. The topological polar surface area (TPSA) is 78.5 Å². The van der Waals surface area contributed by atoms with Crippen molar-refractivity contribution in [3.63, 3.8) is 0 Å². The average molecular weight is 381 g/mol. The minimum absolute atomic E-state index is 0.0537. The maximum atomic E-state index is 13.4. The Bertz CT molecular complexity index is 1010. The summed E-state index contributed by atoms with van der Waals surface area (Å²) in [6, 6.07) is 3.98. The second-order valence-electron chi connectivity index (χ2n) is 7.50. The van der Waals surface area contributed by atoms with Crippen LogP contribution in [0.4, 0.5) is 5.69 Å². The van der Waals surface area contributed by atoms with E-state index >= 15 is 0 Å². The van der Waals surface area contributed by atoms with E-state index in [0.29, 0.717) is 5.56 Å². The number of aryl methyl sites for hydroxylation is 1. The van der Waals surface area contributed by atoms with Crippen LogP contribution in [0, 0.1) is 0 Å². The molecule has 3 amide bonds. The van der Waals surface area contributed by atoms with E-state index in [1.807, 2.05) is 39.8 Å². The van der Waals surface area contributed by atoms with Crippen LogP contribution in [0.3, 0.4) is 0 Å². The second kappa shape index (κ2) is 5.60. The normalized spacial score (nSPS) is 20.4. The van der Waals surface area contributed by atoms with E-state index in [0.717, 1.165) is 28.8 Å². The lowest BCUT2D eigenvalue weighted by Gasteiger charge is -2.38. The fourth-order valence-electron chi connectivity index (χ4n) is 4.12. The number of hydrogen-bond donors (Lipinski definition) is 2. The molecule has 1 fully saturated rings. The van der Waals surface area contributed by atoms with Crippen molar-refractivity contribution in [3.05, 3.63) is 40.5 Å². The molecule has 0 radical (unpaired) electrons. The summed E-state index contributed by atoms with van der Waals surface area (Å²) < 4.78 is 0. The molecule has 138 valence electrons. The fourth-order valence-corrected chi connectivity index (χ4v) is 4.30. The Balaban J connectivity index is 2.08. The lowest BCUT2D eigenvalue weighted by atomic mass is 9.87. The molecule has 3 heterocycles. The molecule has 0 saturated carbocycles. The summed E-state index contributed by atoms with van der Waals surface area (Å²) in [6.45, 7) is 7.93. The highest BCUT2D eigenvalue weighted by Gasteiger charge is 2.47.